The van der Waals surface area contributed by atoms with Crippen LogP contribution in [0.5, 0.6) is 0 Å². The predicted molar refractivity (Wildman–Crippen MR) is 139 cm³/mol. The monoisotopic (exact) mass is 573 g/mol. The number of rotatable bonds is 4. The number of nitrogen functional groups attached to an aromatic ring is 1. The average molecular weight is 574 g/mol. The molecule has 2 aromatic rings. The Labute approximate surface area is 228 Å². The van der Waals surface area contributed by atoms with E-state index >= 15 is 0 Å². The van der Waals surface area contributed by atoms with Crippen molar-refractivity contribution in [2.45, 2.75) is 50.6 Å². The molecule has 1 aromatic heterocycles. The Morgan fingerprint density at radius 2 is 1.67 bits per heavy atom. The van der Waals surface area contributed by atoms with E-state index in [1.807, 2.05) is 4.90 Å². The van der Waals surface area contributed by atoms with Crippen molar-refractivity contribution < 1.29 is 31.1 Å². The van der Waals surface area contributed by atoms with Crippen molar-refractivity contribution in [1.29, 1.82) is 5.26 Å². The molecular weight excluding hydrogens is 544 g/mol. The predicted octanol–water partition coefficient (Wildman–Crippen LogP) is 6.06. The van der Waals surface area contributed by atoms with Crippen LogP contribution in [0.4, 0.5) is 37.7 Å². The van der Waals surface area contributed by atoms with Crippen molar-refractivity contribution in [3.05, 3.63) is 53.3 Å². The molecule has 0 radical (unpaired) electrons. The van der Waals surface area contributed by atoms with E-state index in [-0.39, 0.29) is 5.69 Å². The molecule has 0 unspecified atom stereocenters. The maximum Gasteiger partial charge on any atom is 0.433 e. The molecule has 1 saturated carbocycles. The number of anilines is 2. The molecule has 4 rings (SSSR count). The lowest BCUT2D eigenvalue weighted by atomic mass is 9.98. The molecule has 0 atom stereocenters. The second-order valence-corrected chi connectivity index (χ2v) is 9.72. The number of nitriles is 1. The quantitative estimate of drug-likeness (QED) is 0.271. The summed E-state index contributed by atoms with van der Waals surface area (Å²) in [5, 5.41) is 8.38. The van der Waals surface area contributed by atoms with E-state index < -0.39 is 29.2 Å². The molecular formula is C26H29F6N5OS. The summed E-state index contributed by atoms with van der Waals surface area (Å²) in [6.45, 7) is 3.39. The summed E-state index contributed by atoms with van der Waals surface area (Å²) in [5.41, 5.74) is 3.61. The number of alkyl halides is 6. The molecule has 2 fully saturated rings. The first-order valence-corrected chi connectivity index (χ1v) is 12.8. The second kappa shape index (κ2) is 13.3. The molecule has 2 heterocycles. The summed E-state index contributed by atoms with van der Waals surface area (Å²) < 4.78 is 80.4. The third kappa shape index (κ3) is 8.96. The number of piperazine rings is 1. The van der Waals surface area contributed by atoms with Crippen molar-refractivity contribution in [1.82, 2.24) is 9.88 Å². The van der Waals surface area contributed by atoms with Crippen molar-refractivity contribution >= 4 is 28.6 Å². The van der Waals surface area contributed by atoms with Gasteiger partial charge >= 0.3 is 12.4 Å². The number of thiocarbonyl (C=S) groups is 1. The van der Waals surface area contributed by atoms with Gasteiger partial charge in [-0.15, -0.1) is 0 Å². The first-order valence-electron chi connectivity index (χ1n) is 12.4. The van der Waals surface area contributed by atoms with Gasteiger partial charge in [0.05, 0.1) is 41.8 Å². The number of hydrogen-bond acceptors (Lipinski definition) is 6. The van der Waals surface area contributed by atoms with Crippen molar-refractivity contribution in [3.63, 3.8) is 0 Å². The summed E-state index contributed by atoms with van der Waals surface area (Å²) in [6, 6.07) is 7.03. The Morgan fingerprint density at radius 3 is 2.21 bits per heavy atom. The van der Waals surface area contributed by atoms with Gasteiger partial charge in [0.1, 0.15) is 10.7 Å². The zero-order valence-electron chi connectivity index (χ0n) is 21.1. The van der Waals surface area contributed by atoms with Crippen LogP contribution in [-0.4, -0.2) is 53.8 Å². The van der Waals surface area contributed by atoms with Crippen LogP contribution in [0, 0.1) is 11.3 Å². The van der Waals surface area contributed by atoms with Crippen LogP contribution in [0.1, 0.15) is 48.9 Å². The minimum atomic E-state index is -4.53. The van der Waals surface area contributed by atoms with Gasteiger partial charge < -0.3 is 20.3 Å². The highest BCUT2D eigenvalue weighted by molar-refractivity contribution is 7.80. The number of hydrogen-bond donors (Lipinski definition) is 1. The van der Waals surface area contributed by atoms with Gasteiger partial charge in [0, 0.05) is 31.9 Å². The number of nitrogens with zero attached hydrogens (tertiary/aromatic N) is 4. The molecule has 1 aliphatic carbocycles. The first kappa shape index (κ1) is 30.4. The van der Waals surface area contributed by atoms with Gasteiger partial charge in [0.2, 0.25) is 0 Å². The lowest BCUT2D eigenvalue weighted by Crippen LogP contribution is -2.49. The third-order valence-electron chi connectivity index (χ3n) is 6.50. The highest BCUT2D eigenvalue weighted by atomic mass is 32.1. The van der Waals surface area contributed by atoms with Gasteiger partial charge in [0.25, 0.3) is 0 Å². The van der Waals surface area contributed by atoms with Crippen LogP contribution in [0.15, 0.2) is 36.5 Å². The van der Waals surface area contributed by atoms with Gasteiger partial charge in [0.15, 0.2) is 0 Å². The fourth-order valence-corrected chi connectivity index (χ4v) is 4.61. The molecule has 0 amide bonds. The molecule has 2 aliphatic rings. The molecule has 0 spiro atoms. The minimum absolute atomic E-state index is 0.00803. The van der Waals surface area contributed by atoms with Crippen molar-refractivity contribution in [2.75, 3.05) is 43.4 Å². The zero-order valence-corrected chi connectivity index (χ0v) is 21.9. The maximum absolute atomic E-state index is 12.6. The van der Waals surface area contributed by atoms with Crippen LogP contribution in [0.25, 0.3) is 0 Å². The Morgan fingerprint density at radius 1 is 1.00 bits per heavy atom. The number of halogens is 6. The molecule has 1 saturated heterocycles. The normalized spacial score (nSPS) is 16.7. The highest BCUT2D eigenvalue weighted by Crippen LogP contribution is 2.33. The van der Waals surface area contributed by atoms with Crippen LogP contribution >= 0.6 is 12.2 Å². The highest BCUT2D eigenvalue weighted by Gasteiger charge is 2.34. The number of aromatic nitrogens is 1. The number of pyridine rings is 1. The van der Waals surface area contributed by atoms with E-state index in [1.165, 1.54) is 43.7 Å². The molecule has 6 nitrogen and oxygen atoms in total. The van der Waals surface area contributed by atoms with E-state index in [9.17, 15) is 26.3 Å². The molecule has 212 valence electrons. The Kier molecular flexibility index (Phi) is 10.4. The van der Waals surface area contributed by atoms with E-state index in [0.717, 1.165) is 49.1 Å². The van der Waals surface area contributed by atoms with Crippen molar-refractivity contribution in [2.24, 2.45) is 0 Å². The smallest absolute Gasteiger partial charge is 0.399 e. The standard InChI is InChI=1S/C18H24F3N3OS.C8H5F3N2/c19-18(20,21)16-7-6-14(12-22-16)23-8-10-24(11-9-23)17(26)13-25-15-4-2-1-3-5-15;9-8(10,11)7-3-6(13)2-1-5(7)4-12/h6-7,12,15H,1-5,8-11,13H2;1-3H,13H2. The summed E-state index contributed by atoms with van der Waals surface area (Å²) >= 11 is 5.50. The second-order valence-electron chi connectivity index (χ2n) is 9.25. The van der Waals surface area contributed by atoms with Crippen LogP contribution in [0.2, 0.25) is 0 Å². The average Bonchev–Trinajstić information content (AvgIpc) is 2.92. The molecule has 13 heteroatoms. The molecule has 0 bridgehead atoms. The van der Waals surface area contributed by atoms with E-state index in [1.54, 1.807) is 0 Å². The molecule has 1 aromatic carbocycles. The topological polar surface area (TPSA) is 78.4 Å². The van der Waals surface area contributed by atoms with Crippen LogP contribution in [0.3, 0.4) is 0 Å². The fraction of sp³-hybridized carbons (Fsp3) is 0.500. The molecule has 2 N–H and O–H groups in total. The first-order chi connectivity index (χ1) is 18.4. The molecule has 39 heavy (non-hydrogen) atoms. The van der Waals surface area contributed by atoms with E-state index in [2.05, 4.69) is 9.88 Å². The molecule has 1 aliphatic heterocycles. The lowest BCUT2D eigenvalue weighted by molar-refractivity contribution is -0.141. The number of ether oxygens (including phenoxy) is 1. The van der Waals surface area contributed by atoms with Gasteiger partial charge in [-0.3, -0.25) is 0 Å². The zero-order chi connectivity index (χ0) is 28.6. The van der Waals surface area contributed by atoms with Gasteiger partial charge in [-0.2, -0.15) is 31.6 Å². The van der Waals surface area contributed by atoms with Gasteiger partial charge in [-0.1, -0.05) is 31.5 Å². The minimum Gasteiger partial charge on any atom is -0.399 e. The third-order valence-corrected chi connectivity index (χ3v) is 6.88. The lowest BCUT2D eigenvalue weighted by Gasteiger charge is -2.37. The van der Waals surface area contributed by atoms with E-state index in [0.29, 0.717) is 31.5 Å². The summed E-state index contributed by atoms with van der Waals surface area (Å²) in [5.74, 6) is 0. The Bertz CT molecular complexity index is 1140. The summed E-state index contributed by atoms with van der Waals surface area (Å²) in [7, 11) is 0. The Hall–Kier alpha value is -3.11. The van der Waals surface area contributed by atoms with E-state index in [4.69, 9.17) is 28.0 Å². The van der Waals surface area contributed by atoms with Gasteiger partial charge in [-0.05, 0) is 43.2 Å². The van der Waals surface area contributed by atoms with Gasteiger partial charge in [-0.25, -0.2) is 4.98 Å². The van der Waals surface area contributed by atoms with Crippen molar-refractivity contribution in [3.8, 4) is 6.07 Å². The van der Waals surface area contributed by atoms with Crippen LogP contribution < -0.4 is 10.6 Å². The number of nitrogens with two attached hydrogens (primary N) is 1. The van der Waals surface area contributed by atoms with Crippen LogP contribution in [-0.2, 0) is 17.1 Å². The summed E-state index contributed by atoms with van der Waals surface area (Å²) in [4.78, 5) is 8.52. The Balaban J connectivity index is 0.000000272. The summed E-state index contributed by atoms with van der Waals surface area (Å²) in [6.07, 6.45) is -1.29. The number of benzene rings is 1. The largest absolute Gasteiger partial charge is 0.433 e. The fourth-order valence-electron chi connectivity index (χ4n) is 4.36. The maximum atomic E-state index is 12.6. The SMILES string of the molecule is FC(F)(F)c1ccc(N2CCN(C(=S)COC3CCCCC3)CC2)cn1.N#Cc1ccc(N)cc1C(F)(F)F.